The van der Waals surface area contributed by atoms with Gasteiger partial charge in [-0.2, -0.15) is 0 Å². The van der Waals surface area contributed by atoms with E-state index in [1.165, 1.54) is 10.4 Å². The van der Waals surface area contributed by atoms with E-state index in [1.807, 2.05) is 11.3 Å². The second-order valence-electron chi connectivity index (χ2n) is 8.17. The molecule has 1 aromatic carbocycles. The number of methoxy groups -OCH3 is 1. The van der Waals surface area contributed by atoms with Gasteiger partial charge in [0.2, 0.25) is 0 Å². The summed E-state index contributed by atoms with van der Waals surface area (Å²) in [5.41, 5.74) is 1.49. The highest BCUT2D eigenvalue weighted by atomic mass is 32.1. The summed E-state index contributed by atoms with van der Waals surface area (Å²) in [5.74, 6) is 1.56. The van der Waals surface area contributed by atoms with Gasteiger partial charge in [-0.05, 0) is 43.2 Å². The van der Waals surface area contributed by atoms with Crippen molar-refractivity contribution in [3.8, 4) is 5.75 Å². The quantitative estimate of drug-likeness (QED) is 0.720. The van der Waals surface area contributed by atoms with Crippen molar-refractivity contribution in [1.82, 2.24) is 0 Å². The van der Waals surface area contributed by atoms with Gasteiger partial charge in [0.1, 0.15) is 11.8 Å². The lowest BCUT2D eigenvalue weighted by molar-refractivity contribution is -0.693. The third kappa shape index (κ3) is 4.74. The molecule has 0 unspecified atom stereocenters. The lowest BCUT2D eigenvalue weighted by Gasteiger charge is -2.43. The van der Waals surface area contributed by atoms with E-state index in [2.05, 4.69) is 67.9 Å². The Morgan fingerprint density at radius 2 is 2.04 bits per heavy atom. The molecule has 3 rings (SSSR count). The molecule has 1 fully saturated rings. The molecule has 1 saturated heterocycles. The number of ether oxygens (including phenoxy) is 2. The Hall–Kier alpha value is -1.36. The van der Waals surface area contributed by atoms with E-state index in [1.54, 1.807) is 7.11 Å². The minimum Gasteiger partial charge on any atom is -0.496 e. The van der Waals surface area contributed by atoms with E-state index >= 15 is 0 Å². The van der Waals surface area contributed by atoms with Crippen LogP contribution in [0.15, 0.2) is 41.8 Å². The molecular formula is C23H34NO2S+. The zero-order valence-corrected chi connectivity index (χ0v) is 17.9. The average molecular weight is 389 g/mol. The standard InChI is InChI=1S/C23H33NO2S/c1-17(2)21-16-23(12-14-26-21,19-8-5-6-9-20(19)25-4)11-13-24-18(3)22-10-7-15-27-22/h5-10,15,17-18,21,24H,11-14,16H2,1-4H3/p+1/t18-,21+,23+/m0/s1. The Bertz CT molecular complexity index is 700. The highest BCUT2D eigenvalue weighted by Crippen LogP contribution is 2.44. The molecule has 3 atom stereocenters. The molecule has 0 amide bonds. The first kappa shape index (κ1) is 20.4. The van der Waals surface area contributed by atoms with E-state index in [4.69, 9.17) is 9.47 Å². The van der Waals surface area contributed by atoms with E-state index in [0.29, 0.717) is 18.1 Å². The maximum atomic E-state index is 6.13. The van der Waals surface area contributed by atoms with Crippen molar-refractivity contribution < 1.29 is 14.8 Å². The number of nitrogens with two attached hydrogens (primary N) is 1. The first-order chi connectivity index (χ1) is 13.1. The number of quaternary nitrogens is 1. The van der Waals surface area contributed by atoms with Gasteiger partial charge >= 0.3 is 0 Å². The maximum absolute atomic E-state index is 6.13. The fourth-order valence-electron chi connectivity index (χ4n) is 4.35. The van der Waals surface area contributed by atoms with E-state index in [0.717, 1.165) is 38.2 Å². The number of thiophene rings is 1. The first-order valence-electron chi connectivity index (χ1n) is 10.2. The number of hydrogen-bond acceptors (Lipinski definition) is 3. The summed E-state index contributed by atoms with van der Waals surface area (Å²) in [6, 6.07) is 13.5. The molecule has 0 spiro atoms. The van der Waals surface area contributed by atoms with Gasteiger partial charge < -0.3 is 14.8 Å². The molecule has 2 heterocycles. The summed E-state index contributed by atoms with van der Waals surface area (Å²) in [6.45, 7) is 8.80. The lowest BCUT2D eigenvalue weighted by atomic mass is 9.68. The van der Waals surface area contributed by atoms with Crippen molar-refractivity contribution in [2.45, 2.75) is 57.6 Å². The summed E-state index contributed by atoms with van der Waals surface area (Å²) in [6.07, 6.45) is 3.61. The monoisotopic (exact) mass is 388 g/mol. The maximum Gasteiger partial charge on any atom is 0.122 e. The van der Waals surface area contributed by atoms with Crippen LogP contribution in [0.4, 0.5) is 0 Å². The summed E-state index contributed by atoms with van der Waals surface area (Å²) < 4.78 is 11.9. The van der Waals surface area contributed by atoms with Crippen LogP contribution in [0.5, 0.6) is 5.75 Å². The molecule has 0 saturated carbocycles. The number of rotatable bonds is 8. The molecule has 1 aromatic heterocycles. The summed E-state index contributed by atoms with van der Waals surface area (Å²) in [4.78, 5) is 1.45. The molecule has 0 aliphatic carbocycles. The highest BCUT2D eigenvalue weighted by Gasteiger charge is 2.41. The molecule has 2 aromatic rings. The SMILES string of the molecule is COc1ccccc1[C@]1(CC[NH2+][C@@H](C)c2cccs2)CCO[C@@H](C(C)C)C1. The van der Waals surface area contributed by atoms with Crippen LogP contribution in [0, 0.1) is 5.92 Å². The molecule has 1 aliphatic heterocycles. The minimum atomic E-state index is 0.130. The van der Waals surface area contributed by atoms with Crippen LogP contribution < -0.4 is 10.1 Å². The smallest absolute Gasteiger partial charge is 0.122 e. The van der Waals surface area contributed by atoms with Crippen LogP contribution in [0.2, 0.25) is 0 Å². The zero-order valence-electron chi connectivity index (χ0n) is 17.1. The van der Waals surface area contributed by atoms with Crippen LogP contribution in [0.1, 0.15) is 56.5 Å². The number of para-hydroxylation sites is 1. The second kappa shape index (κ2) is 9.22. The van der Waals surface area contributed by atoms with Gasteiger partial charge in [-0.15, -0.1) is 11.3 Å². The highest BCUT2D eigenvalue weighted by molar-refractivity contribution is 7.10. The van der Waals surface area contributed by atoms with E-state index in [-0.39, 0.29) is 5.41 Å². The fourth-order valence-corrected chi connectivity index (χ4v) is 5.13. The summed E-state index contributed by atoms with van der Waals surface area (Å²) in [5, 5.41) is 4.66. The van der Waals surface area contributed by atoms with Crippen LogP contribution in [-0.4, -0.2) is 26.4 Å². The molecule has 0 bridgehead atoms. The zero-order chi connectivity index (χ0) is 19.3. The largest absolute Gasteiger partial charge is 0.496 e. The van der Waals surface area contributed by atoms with E-state index < -0.39 is 0 Å². The molecule has 148 valence electrons. The Kier molecular flexibility index (Phi) is 6.96. The van der Waals surface area contributed by atoms with Crippen LogP contribution >= 0.6 is 11.3 Å². The summed E-state index contributed by atoms with van der Waals surface area (Å²) >= 11 is 1.85. The topological polar surface area (TPSA) is 35.1 Å². The predicted octanol–water partition coefficient (Wildman–Crippen LogP) is 4.54. The average Bonchev–Trinajstić information content (AvgIpc) is 3.23. The van der Waals surface area contributed by atoms with Crippen molar-refractivity contribution in [1.29, 1.82) is 0 Å². The normalized spacial score (nSPS) is 24.1. The van der Waals surface area contributed by atoms with Gasteiger partial charge in [0.25, 0.3) is 0 Å². The Morgan fingerprint density at radius 3 is 2.74 bits per heavy atom. The first-order valence-corrected chi connectivity index (χ1v) is 11.1. The van der Waals surface area contributed by atoms with Crippen LogP contribution in [0.25, 0.3) is 0 Å². The van der Waals surface area contributed by atoms with Crippen molar-refractivity contribution in [2.75, 3.05) is 20.3 Å². The van der Waals surface area contributed by atoms with Crippen molar-refractivity contribution in [2.24, 2.45) is 5.92 Å². The van der Waals surface area contributed by atoms with Crippen molar-refractivity contribution in [3.05, 3.63) is 52.2 Å². The lowest BCUT2D eigenvalue weighted by Crippen LogP contribution is -2.85. The molecule has 4 heteroatoms. The molecule has 27 heavy (non-hydrogen) atoms. The van der Waals surface area contributed by atoms with Crippen LogP contribution in [-0.2, 0) is 10.2 Å². The fraction of sp³-hybridized carbons (Fsp3) is 0.565. The minimum absolute atomic E-state index is 0.130. The van der Waals surface area contributed by atoms with Gasteiger partial charge in [0.15, 0.2) is 0 Å². The molecule has 3 nitrogen and oxygen atoms in total. The van der Waals surface area contributed by atoms with Gasteiger partial charge in [-0.3, -0.25) is 0 Å². The van der Waals surface area contributed by atoms with Crippen LogP contribution in [0.3, 0.4) is 0 Å². The van der Waals surface area contributed by atoms with Crippen molar-refractivity contribution in [3.63, 3.8) is 0 Å². The Balaban J connectivity index is 1.79. The number of benzene rings is 1. The second-order valence-corrected chi connectivity index (χ2v) is 9.15. The van der Waals surface area contributed by atoms with Gasteiger partial charge in [0.05, 0.1) is 24.6 Å². The Morgan fingerprint density at radius 1 is 1.22 bits per heavy atom. The number of hydrogen-bond donors (Lipinski definition) is 1. The Labute approximate surface area is 168 Å². The summed E-state index contributed by atoms with van der Waals surface area (Å²) in [7, 11) is 1.79. The molecule has 0 radical (unpaired) electrons. The van der Waals surface area contributed by atoms with Gasteiger partial charge in [0, 0.05) is 24.0 Å². The van der Waals surface area contributed by atoms with Gasteiger partial charge in [-0.25, -0.2) is 0 Å². The predicted molar refractivity (Wildman–Crippen MR) is 113 cm³/mol. The molecular weight excluding hydrogens is 354 g/mol. The third-order valence-corrected chi connectivity index (χ3v) is 7.13. The third-order valence-electron chi connectivity index (χ3n) is 6.06. The molecule has 1 aliphatic rings. The van der Waals surface area contributed by atoms with E-state index in [9.17, 15) is 0 Å². The van der Waals surface area contributed by atoms with Gasteiger partial charge in [-0.1, -0.05) is 38.1 Å². The molecule has 2 N–H and O–H groups in total. The van der Waals surface area contributed by atoms with Crippen molar-refractivity contribution >= 4 is 11.3 Å².